The largest absolute Gasteiger partial charge is 0.247 e. The van der Waals surface area contributed by atoms with Crippen molar-refractivity contribution in [2.24, 2.45) is 0 Å². The summed E-state index contributed by atoms with van der Waals surface area (Å²) in [6.07, 6.45) is 0. The van der Waals surface area contributed by atoms with Crippen LogP contribution in [0.15, 0.2) is 188 Å². The molecule has 0 aliphatic rings. The molecule has 3 nitrogen and oxygen atoms in total. The quantitative estimate of drug-likeness (QED) is 0.173. The standard InChI is InChI=1S/C51H31N3/c1-3-13-33(14-4-1)49-50(34-15-5-2-6-16-34)54-51-46(53-49)30-29-43-47(51)42-21-11-12-22-45(42)52-48(43)35-25-23-32(24-26-35)36-27-28-41-39-19-8-7-17-37(39)38-18-9-10-20-40(38)44(41)31-36/h1-31H. The van der Waals surface area contributed by atoms with Gasteiger partial charge in [0, 0.05) is 32.8 Å². The minimum absolute atomic E-state index is 0.857. The van der Waals surface area contributed by atoms with Crippen LogP contribution in [-0.4, -0.2) is 15.0 Å². The number of nitrogens with zero attached hydrogens (tertiary/aromatic N) is 3. The molecule has 0 aliphatic heterocycles. The Morgan fingerprint density at radius 2 is 0.685 bits per heavy atom. The van der Waals surface area contributed by atoms with Gasteiger partial charge in [-0.25, -0.2) is 15.0 Å². The second kappa shape index (κ2) is 12.2. The summed E-state index contributed by atoms with van der Waals surface area (Å²) in [6.45, 7) is 0. The Hall–Kier alpha value is -7.23. The Bertz CT molecular complexity index is 3210. The molecule has 2 heterocycles. The van der Waals surface area contributed by atoms with Gasteiger partial charge in [0.1, 0.15) is 0 Å². The van der Waals surface area contributed by atoms with Gasteiger partial charge in [-0.15, -0.1) is 0 Å². The fourth-order valence-electron chi connectivity index (χ4n) is 8.28. The van der Waals surface area contributed by atoms with Crippen LogP contribution >= 0.6 is 0 Å². The molecule has 0 N–H and O–H groups in total. The van der Waals surface area contributed by atoms with Crippen LogP contribution in [0.25, 0.3) is 110 Å². The molecule has 0 saturated heterocycles. The molecule has 11 aromatic rings. The molecule has 0 spiro atoms. The molecular formula is C51H31N3. The predicted molar refractivity (Wildman–Crippen MR) is 227 cm³/mol. The summed E-state index contributed by atoms with van der Waals surface area (Å²) < 4.78 is 0. The van der Waals surface area contributed by atoms with E-state index in [1.807, 2.05) is 12.1 Å². The molecule has 0 bridgehead atoms. The Labute approximate surface area is 311 Å². The van der Waals surface area contributed by atoms with Gasteiger partial charge in [0.15, 0.2) is 0 Å². The molecule has 11 rings (SSSR count). The molecule has 54 heavy (non-hydrogen) atoms. The molecule has 9 aromatic carbocycles. The topological polar surface area (TPSA) is 38.7 Å². The highest BCUT2D eigenvalue weighted by molar-refractivity contribution is 6.26. The van der Waals surface area contributed by atoms with Crippen molar-refractivity contribution in [1.29, 1.82) is 0 Å². The van der Waals surface area contributed by atoms with E-state index in [1.165, 1.54) is 43.4 Å². The van der Waals surface area contributed by atoms with Crippen LogP contribution in [0.2, 0.25) is 0 Å². The van der Waals surface area contributed by atoms with Crippen molar-refractivity contribution in [3.63, 3.8) is 0 Å². The number of hydrogen-bond donors (Lipinski definition) is 0. The lowest BCUT2D eigenvalue weighted by atomic mass is 9.91. The lowest BCUT2D eigenvalue weighted by Crippen LogP contribution is -1.98. The van der Waals surface area contributed by atoms with E-state index in [0.29, 0.717) is 0 Å². The van der Waals surface area contributed by atoms with E-state index in [0.717, 1.165) is 66.5 Å². The molecule has 0 radical (unpaired) electrons. The molecule has 250 valence electrons. The van der Waals surface area contributed by atoms with E-state index in [9.17, 15) is 0 Å². The van der Waals surface area contributed by atoms with Crippen molar-refractivity contribution in [3.05, 3.63) is 188 Å². The van der Waals surface area contributed by atoms with Crippen molar-refractivity contribution < 1.29 is 0 Å². The second-order valence-electron chi connectivity index (χ2n) is 13.9. The number of hydrogen-bond acceptors (Lipinski definition) is 3. The molecule has 0 atom stereocenters. The van der Waals surface area contributed by atoms with E-state index in [-0.39, 0.29) is 0 Å². The van der Waals surface area contributed by atoms with Crippen LogP contribution < -0.4 is 0 Å². The van der Waals surface area contributed by atoms with E-state index >= 15 is 0 Å². The first kappa shape index (κ1) is 30.4. The lowest BCUT2D eigenvalue weighted by Gasteiger charge is -2.15. The average molecular weight is 686 g/mol. The SMILES string of the molecule is c1ccc(-c2nc3ccc4c(-c5ccc(-c6ccc7c8ccccc8c8ccccc8c7c6)cc5)nc5ccccc5c4c3nc2-c2ccccc2)cc1. The summed E-state index contributed by atoms with van der Waals surface area (Å²) >= 11 is 0. The van der Waals surface area contributed by atoms with Gasteiger partial charge < -0.3 is 0 Å². The third-order valence-corrected chi connectivity index (χ3v) is 10.8. The minimum Gasteiger partial charge on any atom is -0.247 e. The van der Waals surface area contributed by atoms with E-state index in [4.69, 9.17) is 15.0 Å². The third-order valence-electron chi connectivity index (χ3n) is 10.8. The lowest BCUT2D eigenvalue weighted by molar-refractivity contribution is 1.30. The average Bonchev–Trinajstić information content (AvgIpc) is 3.26. The van der Waals surface area contributed by atoms with Gasteiger partial charge >= 0.3 is 0 Å². The molecule has 0 fully saturated rings. The molecule has 3 heteroatoms. The zero-order valence-corrected chi connectivity index (χ0v) is 29.2. The molecule has 0 unspecified atom stereocenters. The zero-order chi connectivity index (χ0) is 35.6. The van der Waals surface area contributed by atoms with Crippen LogP contribution in [0, 0.1) is 0 Å². The van der Waals surface area contributed by atoms with Gasteiger partial charge in [0.25, 0.3) is 0 Å². The first-order valence-corrected chi connectivity index (χ1v) is 18.4. The summed E-state index contributed by atoms with van der Waals surface area (Å²) in [5.74, 6) is 0. The molecule has 0 saturated carbocycles. The minimum atomic E-state index is 0.857. The normalized spacial score (nSPS) is 11.7. The predicted octanol–water partition coefficient (Wildman–Crippen LogP) is 13.5. The van der Waals surface area contributed by atoms with Crippen molar-refractivity contribution in [1.82, 2.24) is 15.0 Å². The summed E-state index contributed by atoms with van der Waals surface area (Å²) in [5, 5.41) is 10.9. The van der Waals surface area contributed by atoms with E-state index in [1.54, 1.807) is 0 Å². The molecule has 2 aromatic heterocycles. The van der Waals surface area contributed by atoms with Gasteiger partial charge in [-0.05, 0) is 67.7 Å². The Morgan fingerprint density at radius 3 is 1.33 bits per heavy atom. The van der Waals surface area contributed by atoms with E-state index < -0.39 is 0 Å². The highest BCUT2D eigenvalue weighted by Crippen LogP contribution is 2.40. The number of fused-ring (bicyclic) bond motifs is 11. The molecule has 0 amide bonds. The van der Waals surface area contributed by atoms with Gasteiger partial charge in [-0.3, -0.25) is 0 Å². The fourth-order valence-corrected chi connectivity index (χ4v) is 8.28. The number of para-hydroxylation sites is 1. The Kier molecular flexibility index (Phi) is 6.86. The van der Waals surface area contributed by atoms with Crippen molar-refractivity contribution >= 4 is 65.0 Å². The van der Waals surface area contributed by atoms with Gasteiger partial charge in [0.2, 0.25) is 0 Å². The van der Waals surface area contributed by atoms with Crippen LogP contribution in [0.1, 0.15) is 0 Å². The summed E-state index contributed by atoms with van der Waals surface area (Å²) in [5.41, 5.74) is 10.8. The highest BCUT2D eigenvalue weighted by atomic mass is 14.8. The van der Waals surface area contributed by atoms with Gasteiger partial charge in [-0.2, -0.15) is 0 Å². The maximum Gasteiger partial charge on any atom is 0.0980 e. The maximum absolute atomic E-state index is 5.46. The highest BCUT2D eigenvalue weighted by Gasteiger charge is 2.19. The van der Waals surface area contributed by atoms with Crippen LogP contribution in [0.4, 0.5) is 0 Å². The van der Waals surface area contributed by atoms with Crippen molar-refractivity contribution in [3.8, 4) is 44.9 Å². The zero-order valence-electron chi connectivity index (χ0n) is 29.2. The fraction of sp³-hybridized carbons (Fsp3) is 0. The van der Waals surface area contributed by atoms with Crippen LogP contribution in [0.5, 0.6) is 0 Å². The second-order valence-corrected chi connectivity index (χ2v) is 13.9. The Balaban J connectivity index is 1.09. The first-order valence-electron chi connectivity index (χ1n) is 18.4. The summed E-state index contributed by atoms with van der Waals surface area (Å²) in [6, 6.07) is 66.6. The third kappa shape index (κ3) is 4.79. The number of pyridine rings is 1. The number of benzene rings is 9. The van der Waals surface area contributed by atoms with Gasteiger partial charge in [-0.1, -0.05) is 164 Å². The number of aromatic nitrogens is 3. The number of rotatable bonds is 4. The monoisotopic (exact) mass is 685 g/mol. The smallest absolute Gasteiger partial charge is 0.0980 e. The molecular weight excluding hydrogens is 655 g/mol. The first-order chi connectivity index (χ1) is 26.8. The van der Waals surface area contributed by atoms with Crippen LogP contribution in [-0.2, 0) is 0 Å². The van der Waals surface area contributed by atoms with Crippen molar-refractivity contribution in [2.75, 3.05) is 0 Å². The summed E-state index contributed by atoms with van der Waals surface area (Å²) in [4.78, 5) is 16.0. The van der Waals surface area contributed by atoms with Crippen LogP contribution in [0.3, 0.4) is 0 Å². The Morgan fingerprint density at radius 1 is 0.241 bits per heavy atom. The van der Waals surface area contributed by atoms with Gasteiger partial charge in [0.05, 0.1) is 33.6 Å². The van der Waals surface area contributed by atoms with Crippen molar-refractivity contribution in [2.45, 2.75) is 0 Å². The maximum atomic E-state index is 5.46. The van der Waals surface area contributed by atoms with E-state index in [2.05, 4.69) is 176 Å². The molecule has 0 aliphatic carbocycles. The summed E-state index contributed by atoms with van der Waals surface area (Å²) in [7, 11) is 0.